The largest absolute Gasteiger partial charge is 0.404 e. The normalized spacial score (nSPS) is 11.5. The van der Waals surface area contributed by atoms with Crippen molar-refractivity contribution in [2.24, 2.45) is 11.5 Å². The van der Waals surface area contributed by atoms with Crippen molar-refractivity contribution in [3.05, 3.63) is 11.8 Å². The minimum Gasteiger partial charge on any atom is -0.404 e. The van der Waals surface area contributed by atoms with Gasteiger partial charge in [0.1, 0.15) is 0 Å². The maximum absolute atomic E-state index is 10.6. The lowest BCUT2D eigenvalue weighted by Gasteiger charge is -1.99. The van der Waals surface area contributed by atoms with Gasteiger partial charge in [-0.3, -0.25) is 4.79 Å². The molecule has 0 saturated heterocycles. The van der Waals surface area contributed by atoms with Crippen molar-refractivity contribution in [3.8, 4) is 0 Å². The fourth-order valence-electron chi connectivity index (χ4n) is 0.854. The molecule has 3 nitrogen and oxygen atoms in total. The van der Waals surface area contributed by atoms with Crippen LogP contribution in [0.2, 0.25) is 0 Å². The summed E-state index contributed by atoms with van der Waals surface area (Å²) in [5.41, 5.74) is 10.8. The summed E-state index contributed by atoms with van der Waals surface area (Å²) in [6.45, 7) is 2.11. The Hall–Kier alpha value is -0.990. The molecule has 11 heavy (non-hydrogen) atoms. The lowest BCUT2D eigenvalue weighted by molar-refractivity contribution is -0.114. The van der Waals surface area contributed by atoms with Crippen LogP contribution in [0.15, 0.2) is 11.8 Å². The number of carbonyl (C=O) groups is 1. The minimum atomic E-state index is -0.399. The van der Waals surface area contributed by atoms with E-state index in [-0.39, 0.29) is 0 Å². The van der Waals surface area contributed by atoms with E-state index in [1.165, 1.54) is 6.20 Å². The van der Waals surface area contributed by atoms with Crippen LogP contribution in [0, 0.1) is 0 Å². The first-order valence-electron chi connectivity index (χ1n) is 3.93. The van der Waals surface area contributed by atoms with Crippen LogP contribution in [0.25, 0.3) is 0 Å². The highest BCUT2D eigenvalue weighted by Crippen LogP contribution is 2.06. The second-order valence-corrected chi connectivity index (χ2v) is 2.51. The van der Waals surface area contributed by atoms with Crippen LogP contribution in [0.4, 0.5) is 0 Å². The van der Waals surface area contributed by atoms with Crippen LogP contribution < -0.4 is 11.5 Å². The van der Waals surface area contributed by atoms with E-state index >= 15 is 0 Å². The van der Waals surface area contributed by atoms with Crippen LogP contribution in [-0.2, 0) is 4.79 Å². The topological polar surface area (TPSA) is 69.1 Å². The van der Waals surface area contributed by atoms with Crippen LogP contribution in [0.5, 0.6) is 0 Å². The van der Waals surface area contributed by atoms with E-state index in [1.54, 1.807) is 0 Å². The van der Waals surface area contributed by atoms with Crippen molar-refractivity contribution in [2.45, 2.75) is 32.6 Å². The van der Waals surface area contributed by atoms with Gasteiger partial charge in [-0.05, 0) is 12.8 Å². The molecule has 0 atom stereocenters. The second-order valence-electron chi connectivity index (χ2n) is 2.51. The maximum atomic E-state index is 10.6. The maximum Gasteiger partial charge on any atom is 0.246 e. The van der Waals surface area contributed by atoms with Gasteiger partial charge in [0.2, 0.25) is 5.91 Å². The van der Waals surface area contributed by atoms with Crippen molar-refractivity contribution in [2.75, 3.05) is 0 Å². The van der Waals surface area contributed by atoms with Crippen LogP contribution in [0.3, 0.4) is 0 Å². The van der Waals surface area contributed by atoms with Gasteiger partial charge in [0.15, 0.2) is 0 Å². The molecule has 0 aliphatic heterocycles. The van der Waals surface area contributed by atoms with E-state index < -0.39 is 5.91 Å². The molecule has 0 aromatic carbocycles. The van der Waals surface area contributed by atoms with Gasteiger partial charge in [0.25, 0.3) is 0 Å². The summed E-state index contributed by atoms with van der Waals surface area (Å²) in [6.07, 6.45) is 5.25. The summed E-state index contributed by atoms with van der Waals surface area (Å²) in [7, 11) is 0. The van der Waals surface area contributed by atoms with Gasteiger partial charge < -0.3 is 11.5 Å². The van der Waals surface area contributed by atoms with E-state index in [9.17, 15) is 4.79 Å². The molecule has 0 bridgehead atoms. The summed E-state index contributed by atoms with van der Waals surface area (Å²) in [6, 6.07) is 0. The van der Waals surface area contributed by atoms with E-state index in [0.29, 0.717) is 12.0 Å². The first-order chi connectivity index (χ1) is 5.22. The number of primary amides is 1. The Morgan fingerprint density at radius 3 is 2.45 bits per heavy atom. The van der Waals surface area contributed by atoms with Gasteiger partial charge >= 0.3 is 0 Å². The van der Waals surface area contributed by atoms with Gasteiger partial charge in [-0.25, -0.2) is 0 Å². The number of amides is 1. The first kappa shape index (κ1) is 10.0. The Kier molecular flexibility index (Phi) is 5.25. The fraction of sp³-hybridized carbons (Fsp3) is 0.625. The number of unbranched alkanes of at least 4 members (excludes halogenated alkanes) is 2. The van der Waals surface area contributed by atoms with Crippen molar-refractivity contribution in [3.63, 3.8) is 0 Å². The van der Waals surface area contributed by atoms with Gasteiger partial charge in [-0.2, -0.15) is 0 Å². The highest BCUT2D eigenvalue weighted by atomic mass is 16.1. The molecule has 3 heteroatoms. The summed E-state index contributed by atoms with van der Waals surface area (Å²) in [4.78, 5) is 10.6. The molecule has 0 aliphatic carbocycles. The Balaban J connectivity index is 3.63. The van der Waals surface area contributed by atoms with Crippen molar-refractivity contribution in [1.29, 1.82) is 0 Å². The predicted molar refractivity (Wildman–Crippen MR) is 45.6 cm³/mol. The standard InChI is InChI=1S/C8H16N2O/c1-2-3-4-5-7(6-9)8(10)11/h6H,2-5,9H2,1H3,(H2,10,11)/b7-6+. The number of carbonyl (C=O) groups excluding carboxylic acids is 1. The van der Waals surface area contributed by atoms with Crippen molar-refractivity contribution < 1.29 is 4.79 Å². The van der Waals surface area contributed by atoms with E-state index in [2.05, 4.69) is 6.92 Å². The van der Waals surface area contributed by atoms with Gasteiger partial charge in [-0.15, -0.1) is 0 Å². The number of rotatable bonds is 5. The molecule has 1 amide bonds. The van der Waals surface area contributed by atoms with E-state index in [0.717, 1.165) is 19.3 Å². The Morgan fingerprint density at radius 1 is 1.45 bits per heavy atom. The molecule has 0 rings (SSSR count). The average Bonchev–Trinajstić information content (AvgIpc) is 1.97. The quantitative estimate of drug-likeness (QED) is 0.458. The molecule has 0 spiro atoms. The molecule has 0 fully saturated rings. The summed E-state index contributed by atoms with van der Waals surface area (Å²) in [5.74, 6) is -0.399. The third-order valence-electron chi connectivity index (χ3n) is 1.57. The Bertz CT molecular complexity index is 152. The molecular formula is C8H16N2O. The number of nitrogens with two attached hydrogens (primary N) is 2. The molecule has 64 valence electrons. The molecule has 0 unspecified atom stereocenters. The summed E-state index contributed by atoms with van der Waals surface area (Å²) < 4.78 is 0. The Labute approximate surface area is 67.4 Å². The van der Waals surface area contributed by atoms with Crippen molar-refractivity contribution in [1.82, 2.24) is 0 Å². The predicted octanol–water partition coefficient (Wildman–Crippen LogP) is 0.895. The third kappa shape index (κ3) is 4.42. The highest BCUT2D eigenvalue weighted by molar-refractivity contribution is 5.91. The van der Waals surface area contributed by atoms with Crippen LogP contribution >= 0.6 is 0 Å². The second kappa shape index (κ2) is 5.77. The Morgan fingerprint density at radius 2 is 2.09 bits per heavy atom. The third-order valence-corrected chi connectivity index (χ3v) is 1.57. The smallest absolute Gasteiger partial charge is 0.246 e. The number of hydrogen-bond acceptors (Lipinski definition) is 2. The molecule has 0 aromatic heterocycles. The summed E-state index contributed by atoms with van der Waals surface area (Å²) in [5, 5.41) is 0. The molecule has 0 aromatic rings. The molecule has 0 heterocycles. The first-order valence-corrected chi connectivity index (χ1v) is 3.93. The highest BCUT2D eigenvalue weighted by Gasteiger charge is 2.01. The van der Waals surface area contributed by atoms with Crippen molar-refractivity contribution >= 4 is 5.91 Å². The lowest BCUT2D eigenvalue weighted by Crippen LogP contribution is -2.15. The molecule has 0 radical (unpaired) electrons. The molecule has 0 aliphatic rings. The van der Waals surface area contributed by atoms with E-state index in [1.807, 2.05) is 0 Å². The van der Waals surface area contributed by atoms with E-state index in [4.69, 9.17) is 11.5 Å². The lowest BCUT2D eigenvalue weighted by atomic mass is 10.1. The zero-order valence-corrected chi connectivity index (χ0v) is 6.97. The molecular weight excluding hydrogens is 140 g/mol. The monoisotopic (exact) mass is 156 g/mol. The van der Waals surface area contributed by atoms with Gasteiger partial charge in [-0.1, -0.05) is 19.8 Å². The van der Waals surface area contributed by atoms with Gasteiger partial charge in [0, 0.05) is 11.8 Å². The SMILES string of the molecule is CCCCC/C(=C\N)C(N)=O. The minimum absolute atomic E-state index is 0.399. The summed E-state index contributed by atoms with van der Waals surface area (Å²) >= 11 is 0. The number of hydrogen-bond donors (Lipinski definition) is 2. The zero-order chi connectivity index (χ0) is 8.69. The van der Waals surface area contributed by atoms with Crippen LogP contribution in [0.1, 0.15) is 32.6 Å². The zero-order valence-electron chi connectivity index (χ0n) is 6.97. The van der Waals surface area contributed by atoms with Gasteiger partial charge in [0.05, 0.1) is 0 Å². The molecule has 4 N–H and O–H groups in total. The fourth-order valence-corrected chi connectivity index (χ4v) is 0.854. The molecule has 0 saturated carbocycles. The van der Waals surface area contributed by atoms with Crippen LogP contribution in [-0.4, -0.2) is 5.91 Å². The average molecular weight is 156 g/mol.